The Morgan fingerprint density at radius 3 is 2.85 bits per heavy atom. The Hall–Kier alpha value is -2.50. The number of fused-ring (bicyclic) bond motifs is 1. The number of hydrogen-bond donors (Lipinski definition) is 1. The van der Waals surface area contributed by atoms with Crippen molar-refractivity contribution in [2.45, 2.75) is 13.0 Å². The van der Waals surface area contributed by atoms with Crippen molar-refractivity contribution in [3.63, 3.8) is 0 Å². The lowest BCUT2D eigenvalue weighted by Gasteiger charge is -2.07. The van der Waals surface area contributed by atoms with Gasteiger partial charge in [0, 0.05) is 38.0 Å². The Morgan fingerprint density at radius 2 is 2.15 bits per heavy atom. The van der Waals surface area contributed by atoms with Gasteiger partial charge in [-0.25, -0.2) is 4.98 Å². The van der Waals surface area contributed by atoms with E-state index in [0.29, 0.717) is 5.95 Å². The molecule has 0 saturated heterocycles. The SMILES string of the molecule is COc1ccc2c(c1)nc(N)n2CCc1ccnn1C. The van der Waals surface area contributed by atoms with Crippen LogP contribution in [0.3, 0.4) is 0 Å². The van der Waals surface area contributed by atoms with Crippen LogP contribution in [0.2, 0.25) is 0 Å². The summed E-state index contributed by atoms with van der Waals surface area (Å²) >= 11 is 0. The minimum atomic E-state index is 0.524. The van der Waals surface area contributed by atoms with Crippen molar-refractivity contribution in [3.8, 4) is 5.75 Å². The number of nitrogens with two attached hydrogens (primary N) is 1. The summed E-state index contributed by atoms with van der Waals surface area (Å²) in [5.74, 6) is 1.31. The Kier molecular flexibility index (Phi) is 3.06. The molecule has 0 amide bonds. The fourth-order valence-corrected chi connectivity index (χ4v) is 2.36. The van der Waals surface area contributed by atoms with Crippen molar-refractivity contribution >= 4 is 17.0 Å². The summed E-state index contributed by atoms with van der Waals surface area (Å²) in [5, 5.41) is 4.17. The molecule has 0 aliphatic carbocycles. The Labute approximate surface area is 116 Å². The van der Waals surface area contributed by atoms with Crippen LogP contribution in [0, 0.1) is 0 Å². The van der Waals surface area contributed by atoms with Gasteiger partial charge in [0.15, 0.2) is 0 Å². The zero-order valence-corrected chi connectivity index (χ0v) is 11.6. The summed E-state index contributed by atoms with van der Waals surface area (Å²) < 4.78 is 9.09. The molecule has 0 aliphatic heterocycles. The van der Waals surface area contributed by atoms with E-state index in [4.69, 9.17) is 10.5 Å². The second-order valence-corrected chi connectivity index (χ2v) is 4.67. The number of aromatic nitrogens is 4. The van der Waals surface area contributed by atoms with Gasteiger partial charge in [0.05, 0.1) is 18.1 Å². The molecule has 6 heteroatoms. The molecule has 6 nitrogen and oxygen atoms in total. The number of imidazole rings is 1. The van der Waals surface area contributed by atoms with Crippen molar-refractivity contribution in [3.05, 3.63) is 36.2 Å². The van der Waals surface area contributed by atoms with Crippen LogP contribution in [0.25, 0.3) is 11.0 Å². The summed E-state index contributed by atoms with van der Waals surface area (Å²) in [6, 6.07) is 7.81. The van der Waals surface area contributed by atoms with Gasteiger partial charge >= 0.3 is 0 Å². The first-order valence-electron chi connectivity index (χ1n) is 6.45. The number of benzene rings is 1. The van der Waals surface area contributed by atoms with Gasteiger partial charge in [0.25, 0.3) is 0 Å². The second-order valence-electron chi connectivity index (χ2n) is 4.67. The maximum atomic E-state index is 6.01. The highest BCUT2D eigenvalue weighted by molar-refractivity contribution is 5.79. The number of hydrogen-bond acceptors (Lipinski definition) is 4. The standard InChI is InChI=1S/C14H17N5O/c1-18-10(5-7-16-18)6-8-19-13-4-3-11(20-2)9-12(13)17-14(19)15/h3-5,7,9H,6,8H2,1-2H3,(H2,15,17). The molecule has 0 radical (unpaired) electrons. The second kappa shape index (κ2) is 4.88. The van der Waals surface area contributed by atoms with E-state index in [1.54, 1.807) is 13.3 Å². The van der Waals surface area contributed by atoms with E-state index in [9.17, 15) is 0 Å². The molecular weight excluding hydrogens is 254 g/mol. The predicted molar refractivity (Wildman–Crippen MR) is 77.6 cm³/mol. The van der Waals surface area contributed by atoms with Crippen molar-refractivity contribution in [2.24, 2.45) is 7.05 Å². The van der Waals surface area contributed by atoms with Crippen molar-refractivity contribution < 1.29 is 4.74 Å². The lowest BCUT2D eigenvalue weighted by atomic mass is 10.2. The normalized spacial score (nSPS) is 11.1. The van der Waals surface area contributed by atoms with Crippen LogP contribution in [-0.4, -0.2) is 26.4 Å². The third-order valence-corrected chi connectivity index (χ3v) is 3.50. The van der Waals surface area contributed by atoms with Crippen LogP contribution < -0.4 is 10.5 Å². The van der Waals surface area contributed by atoms with Crippen LogP contribution in [-0.2, 0) is 20.0 Å². The van der Waals surface area contributed by atoms with E-state index < -0.39 is 0 Å². The topological polar surface area (TPSA) is 70.9 Å². The van der Waals surface area contributed by atoms with E-state index in [1.165, 1.54) is 5.69 Å². The first kappa shape index (κ1) is 12.5. The Bertz CT molecular complexity index is 743. The summed E-state index contributed by atoms with van der Waals surface area (Å²) in [6.07, 6.45) is 2.66. The summed E-state index contributed by atoms with van der Waals surface area (Å²) in [4.78, 5) is 4.38. The van der Waals surface area contributed by atoms with Gasteiger partial charge in [0.2, 0.25) is 5.95 Å². The number of nitrogens with zero attached hydrogens (tertiary/aromatic N) is 4. The van der Waals surface area contributed by atoms with Gasteiger partial charge in [-0.15, -0.1) is 0 Å². The lowest BCUT2D eigenvalue weighted by Crippen LogP contribution is -2.08. The van der Waals surface area contributed by atoms with Crippen LogP contribution in [0.15, 0.2) is 30.5 Å². The molecule has 0 unspecified atom stereocenters. The fraction of sp³-hybridized carbons (Fsp3) is 0.286. The zero-order valence-electron chi connectivity index (χ0n) is 11.6. The number of ether oxygens (including phenoxy) is 1. The van der Waals surface area contributed by atoms with Gasteiger partial charge in [-0.3, -0.25) is 4.68 Å². The van der Waals surface area contributed by atoms with Crippen LogP contribution in [0.4, 0.5) is 5.95 Å². The number of aryl methyl sites for hydroxylation is 3. The number of nitrogen functional groups attached to an aromatic ring is 1. The van der Waals surface area contributed by atoms with Gasteiger partial charge in [-0.1, -0.05) is 0 Å². The summed E-state index contributed by atoms with van der Waals surface area (Å²) in [6.45, 7) is 0.772. The van der Waals surface area contributed by atoms with Gasteiger partial charge in [0.1, 0.15) is 5.75 Å². The monoisotopic (exact) mass is 271 g/mol. The molecule has 20 heavy (non-hydrogen) atoms. The molecule has 0 aliphatic rings. The third-order valence-electron chi connectivity index (χ3n) is 3.50. The average molecular weight is 271 g/mol. The van der Waals surface area contributed by atoms with Crippen molar-refractivity contribution in [1.82, 2.24) is 19.3 Å². The largest absolute Gasteiger partial charge is 0.497 e. The fourth-order valence-electron chi connectivity index (χ4n) is 2.36. The minimum Gasteiger partial charge on any atom is -0.497 e. The van der Waals surface area contributed by atoms with Gasteiger partial charge in [-0.2, -0.15) is 5.10 Å². The first-order chi connectivity index (χ1) is 9.69. The molecule has 0 atom stereocenters. The molecule has 1 aromatic carbocycles. The summed E-state index contributed by atoms with van der Waals surface area (Å²) in [5.41, 5.74) is 9.05. The average Bonchev–Trinajstić information content (AvgIpc) is 2.98. The highest BCUT2D eigenvalue weighted by Gasteiger charge is 2.09. The molecule has 2 heterocycles. The molecule has 3 rings (SSSR count). The molecule has 0 spiro atoms. The Morgan fingerprint density at radius 1 is 1.30 bits per heavy atom. The maximum Gasteiger partial charge on any atom is 0.201 e. The van der Waals surface area contributed by atoms with E-state index in [0.717, 1.165) is 29.7 Å². The van der Waals surface area contributed by atoms with E-state index in [1.807, 2.05) is 40.6 Å². The van der Waals surface area contributed by atoms with E-state index in [-0.39, 0.29) is 0 Å². The molecule has 104 valence electrons. The molecule has 2 N–H and O–H groups in total. The summed E-state index contributed by atoms with van der Waals surface area (Å²) in [7, 11) is 3.58. The van der Waals surface area contributed by atoms with Gasteiger partial charge in [-0.05, 0) is 18.2 Å². The predicted octanol–water partition coefficient (Wildman–Crippen LogP) is 1.60. The van der Waals surface area contributed by atoms with Gasteiger partial charge < -0.3 is 15.0 Å². The van der Waals surface area contributed by atoms with Crippen LogP contribution in [0.5, 0.6) is 5.75 Å². The lowest BCUT2D eigenvalue weighted by molar-refractivity contribution is 0.415. The quantitative estimate of drug-likeness (QED) is 0.782. The van der Waals surface area contributed by atoms with E-state index in [2.05, 4.69) is 10.1 Å². The van der Waals surface area contributed by atoms with E-state index >= 15 is 0 Å². The highest BCUT2D eigenvalue weighted by Crippen LogP contribution is 2.23. The molecule has 0 fully saturated rings. The first-order valence-corrected chi connectivity index (χ1v) is 6.45. The molecule has 0 saturated carbocycles. The molecule has 2 aromatic heterocycles. The van der Waals surface area contributed by atoms with Crippen LogP contribution in [0.1, 0.15) is 5.69 Å². The molecule has 0 bridgehead atoms. The third kappa shape index (κ3) is 2.09. The number of rotatable bonds is 4. The van der Waals surface area contributed by atoms with Crippen molar-refractivity contribution in [2.75, 3.05) is 12.8 Å². The maximum absolute atomic E-state index is 6.01. The number of anilines is 1. The van der Waals surface area contributed by atoms with Crippen LogP contribution >= 0.6 is 0 Å². The zero-order chi connectivity index (χ0) is 14.1. The Balaban J connectivity index is 1.91. The smallest absolute Gasteiger partial charge is 0.201 e. The minimum absolute atomic E-state index is 0.524. The van der Waals surface area contributed by atoms with Crippen molar-refractivity contribution in [1.29, 1.82) is 0 Å². The number of methoxy groups -OCH3 is 1. The molecule has 3 aromatic rings. The highest BCUT2D eigenvalue weighted by atomic mass is 16.5. The molecular formula is C14H17N5O.